The molecule has 260 valence electrons. The van der Waals surface area contributed by atoms with Crippen molar-refractivity contribution in [3.63, 3.8) is 0 Å². The lowest BCUT2D eigenvalue weighted by molar-refractivity contribution is -0.0731. The van der Waals surface area contributed by atoms with Crippen molar-refractivity contribution in [2.75, 3.05) is 27.6 Å². The summed E-state index contributed by atoms with van der Waals surface area (Å²) in [5.74, 6) is 0.146. The quantitative estimate of drug-likeness (QED) is 0.0760. The summed E-state index contributed by atoms with van der Waals surface area (Å²) in [6.07, 6.45) is 5.38. The lowest BCUT2D eigenvalue weighted by Crippen LogP contribution is -2.35. The van der Waals surface area contributed by atoms with Crippen LogP contribution in [-0.4, -0.2) is 76.7 Å². The maximum atomic E-state index is 13.5. The van der Waals surface area contributed by atoms with Crippen LogP contribution in [0, 0.1) is 5.92 Å². The monoisotopic (exact) mass is 670 g/mol. The summed E-state index contributed by atoms with van der Waals surface area (Å²) in [6, 6.07) is 13.3. The third-order valence-electron chi connectivity index (χ3n) is 8.09. The van der Waals surface area contributed by atoms with Crippen molar-refractivity contribution >= 4 is 20.0 Å². The Bertz CT molecular complexity index is 1320. The van der Waals surface area contributed by atoms with Gasteiger partial charge in [-0.15, -0.1) is 0 Å². The molecule has 4 atom stereocenters. The summed E-state index contributed by atoms with van der Waals surface area (Å²) >= 11 is 0. The van der Waals surface area contributed by atoms with Gasteiger partial charge in [-0.25, -0.2) is 9.59 Å². The predicted octanol–water partition coefficient (Wildman–Crippen LogP) is 7.23. The van der Waals surface area contributed by atoms with Gasteiger partial charge in [0.25, 0.3) is 0 Å². The molecule has 1 N–H and O–H groups in total. The Morgan fingerprint density at radius 2 is 1.83 bits per heavy atom. The van der Waals surface area contributed by atoms with Crippen molar-refractivity contribution in [3.05, 3.63) is 71.3 Å². The van der Waals surface area contributed by atoms with Gasteiger partial charge in [0.05, 0.1) is 31.0 Å². The van der Waals surface area contributed by atoms with E-state index in [1.54, 1.807) is 44.4 Å². The standard InChI is InChI=1S/C37H54O9Si/c1-26(38)14-12-19-31(45-35(39)27-15-10-9-11-16-27)34-29(24-37(2,3)46-34)18-13-17-28-22-30(42-5)23-32(44-25-41-4)33(28)36(40)43-20-21-47(6,7)8/h9-12,15-16,19,22-23,26,29,31,34,38H,13-14,17-18,20-21,24-25H2,1-8H3/b19-12-/t26-,29+,31?,34-/m0/s1. The van der Waals surface area contributed by atoms with Gasteiger partial charge in [0, 0.05) is 21.3 Å². The molecular weight excluding hydrogens is 616 g/mol. The Balaban J connectivity index is 1.84. The zero-order valence-corrected chi connectivity index (χ0v) is 30.4. The van der Waals surface area contributed by atoms with E-state index in [2.05, 4.69) is 19.6 Å². The second-order valence-corrected chi connectivity index (χ2v) is 19.7. The first-order chi connectivity index (χ1) is 22.2. The first-order valence-corrected chi connectivity index (χ1v) is 20.2. The average Bonchev–Trinajstić information content (AvgIpc) is 3.32. The van der Waals surface area contributed by atoms with Crippen molar-refractivity contribution in [1.29, 1.82) is 0 Å². The molecule has 1 aliphatic heterocycles. The first kappa shape index (κ1) is 38.3. The number of methoxy groups -OCH3 is 2. The van der Waals surface area contributed by atoms with Crippen LogP contribution in [0.4, 0.5) is 0 Å². The van der Waals surface area contributed by atoms with Gasteiger partial charge in [-0.05, 0) is 94.7 Å². The Hall–Kier alpha value is -3.18. The van der Waals surface area contributed by atoms with E-state index in [4.69, 9.17) is 28.4 Å². The van der Waals surface area contributed by atoms with Crippen LogP contribution in [0.1, 0.15) is 72.7 Å². The minimum Gasteiger partial charge on any atom is -0.497 e. The zero-order valence-electron chi connectivity index (χ0n) is 29.4. The second kappa shape index (κ2) is 17.8. The molecule has 3 rings (SSSR count). The smallest absolute Gasteiger partial charge is 0.342 e. The number of hydrogen-bond acceptors (Lipinski definition) is 9. The van der Waals surface area contributed by atoms with Gasteiger partial charge in [0.15, 0.2) is 6.79 Å². The predicted molar refractivity (Wildman–Crippen MR) is 185 cm³/mol. The van der Waals surface area contributed by atoms with Crippen LogP contribution < -0.4 is 9.47 Å². The van der Waals surface area contributed by atoms with E-state index in [1.165, 1.54) is 7.11 Å². The van der Waals surface area contributed by atoms with Crippen LogP contribution in [0.2, 0.25) is 25.7 Å². The summed E-state index contributed by atoms with van der Waals surface area (Å²) in [6.45, 7) is 12.9. The van der Waals surface area contributed by atoms with Crippen molar-refractivity contribution < 1.29 is 43.1 Å². The molecule has 1 heterocycles. The molecule has 9 nitrogen and oxygen atoms in total. The molecule has 0 bridgehead atoms. The van der Waals surface area contributed by atoms with Crippen LogP contribution in [0.5, 0.6) is 11.5 Å². The highest BCUT2D eigenvalue weighted by Gasteiger charge is 2.44. The molecule has 2 aromatic rings. The van der Waals surface area contributed by atoms with Gasteiger partial charge in [0.2, 0.25) is 0 Å². The number of aryl methyl sites for hydroxylation is 1. The number of aliphatic hydroxyl groups is 1. The minimum absolute atomic E-state index is 0.0242. The summed E-state index contributed by atoms with van der Waals surface area (Å²) in [5, 5.41) is 9.85. The second-order valence-electron chi connectivity index (χ2n) is 14.1. The molecule has 0 aromatic heterocycles. The Kier molecular flexibility index (Phi) is 14.5. The Morgan fingerprint density at radius 3 is 2.47 bits per heavy atom. The highest BCUT2D eigenvalue weighted by Crippen LogP contribution is 2.41. The fourth-order valence-electron chi connectivity index (χ4n) is 5.76. The lowest BCUT2D eigenvalue weighted by atomic mass is 9.86. The van der Waals surface area contributed by atoms with E-state index < -0.39 is 37.8 Å². The summed E-state index contributed by atoms with van der Waals surface area (Å²) in [5.41, 5.74) is 1.19. The molecule has 47 heavy (non-hydrogen) atoms. The third-order valence-corrected chi connectivity index (χ3v) is 9.79. The van der Waals surface area contributed by atoms with E-state index in [1.807, 2.05) is 38.1 Å². The molecular formula is C37H54O9Si. The topological polar surface area (TPSA) is 110 Å². The van der Waals surface area contributed by atoms with Crippen LogP contribution in [0.15, 0.2) is 54.6 Å². The number of ether oxygens (including phenoxy) is 6. The maximum absolute atomic E-state index is 13.5. The molecule has 0 spiro atoms. The van der Waals surface area contributed by atoms with Gasteiger partial charge < -0.3 is 33.5 Å². The Labute approximate surface area is 281 Å². The number of aliphatic hydroxyl groups excluding tert-OH is 1. The SMILES string of the molecule is COCOc1cc(OC)cc(CCC[C@@H]2CC(C)(C)O[C@@H]2C(/C=C\C[C@H](C)O)OC(=O)c2ccccc2)c1C(=O)OCC[Si](C)(C)C. The van der Waals surface area contributed by atoms with Gasteiger partial charge in [-0.1, -0.05) is 43.9 Å². The van der Waals surface area contributed by atoms with Crippen LogP contribution in [-0.2, 0) is 25.4 Å². The molecule has 0 amide bonds. The molecule has 1 unspecified atom stereocenters. The number of carbonyl (C=O) groups is 2. The summed E-state index contributed by atoms with van der Waals surface area (Å²) in [7, 11) is 1.70. The minimum atomic E-state index is -1.40. The summed E-state index contributed by atoms with van der Waals surface area (Å²) < 4.78 is 34.9. The van der Waals surface area contributed by atoms with E-state index in [9.17, 15) is 14.7 Å². The highest BCUT2D eigenvalue weighted by molar-refractivity contribution is 6.76. The van der Waals surface area contributed by atoms with Gasteiger partial charge >= 0.3 is 11.9 Å². The number of carbonyl (C=O) groups excluding carboxylic acids is 2. The van der Waals surface area contributed by atoms with E-state index in [0.29, 0.717) is 42.1 Å². The third kappa shape index (κ3) is 12.4. The molecule has 0 radical (unpaired) electrons. The number of hydrogen-bond donors (Lipinski definition) is 1. The van der Waals surface area contributed by atoms with E-state index in [0.717, 1.165) is 30.9 Å². The van der Waals surface area contributed by atoms with Crippen molar-refractivity contribution in [2.45, 2.75) is 102 Å². The maximum Gasteiger partial charge on any atom is 0.342 e. The average molecular weight is 671 g/mol. The fraction of sp³-hybridized carbons (Fsp3) is 0.568. The number of esters is 2. The van der Waals surface area contributed by atoms with Crippen molar-refractivity contribution in [2.24, 2.45) is 5.92 Å². The zero-order chi connectivity index (χ0) is 34.6. The van der Waals surface area contributed by atoms with Gasteiger partial charge in [0.1, 0.15) is 29.3 Å². The Morgan fingerprint density at radius 1 is 1.11 bits per heavy atom. The summed E-state index contributed by atoms with van der Waals surface area (Å²) in [4.78, 5) is 26.6. The van der Waals surface area contributed by atoms with Crippen LogP contribution >= 0.6 is 0 Å². The largest absolute Gasteiger partial charge is 0.497 e. The lowest BCUT2D eigenvalue weighted by Gasteiger charge is -2.27. The van der Waals surface area contributed by atoms with Crippen molar-refractivity contribution in [1.82, 2.24) is 0 Å². The van der Waals surface area contributed by atoms with E-state index >= 15 is 0 Å². The molecule has 2 aromatic carbocycles. The molecule has 1 aliphatic rings. The highest BCUT2D eigenvalue weighted by atomic mass is 28.3. The molecule has 0 aliphatic carbocycles. The van der Waals surface area contributed by atoms with Crippen molar-refractivity contribution in [3.8, 4) is 11.5 Å². The van der Waals surface area contributed by atoms with Gasteiger partial charge in [-0.2, -0.15) is 0 Å². The first-order valence-electron chi connectivity index (χ1n) is 16.5. The molecule has 10 heteroatoms. The molecule has 1 saturated heterocycles. The number of rotatable bonds is 18. The van der Waals surface area contributed by atoms with Crippen LogP contribution in [0.25, 0.3) is 0 Å². The normalized spacial score (nSPS) is 18.9. The van der Waals surface area contributed by atoms with Crippen LogP contribution in [0.3, 0.4) is 0 Å². The fourth-order valence-corrected chi connectivity index (χ4v) is 6.47. The molecule has 0 saturated carbocycles. The molecule has 1 fully saturated rings. The van der Waals surface area contributed by atoms with Gasteiger partial charge in [-0.3, -0.25) is 0 Å². The number of benzene rings is 2. The van der Waals surface area contributed by atoms with E-state index in [-0.39, 0.29) is 18.8 Å².